The lowest BCUT2D eigenvalue weighted by Gasteiger charge is -2.18. The van der Waals surface area contributed by atoms with Gasteiger partial charge in [0.25, 0.3) is 0 Å². The van der Waals surface area contributed by atoms with E-state index >= 15 is 0 Å². The van der Waals surface area contributed by atoms with Crippen LogP contribution in [-0.2, 0) is 16.6 Å². The Bertz CT molecular complexity index is 1210. The molecule has 30 heavy (non-hydrogen) atoms. The number of benzene rings is 2. The number of carbonyl (C=O) groups excluding carboxylic acids is 1. The normalized spacial score (nSPS) is 11.8. The Kier molecular flexibility index (Phi) is 5.20. The van der Waals surface area contributed by atoms with Gasteiger partial charge in [-0.25, -0.2) is 4.98 Å². The van der Waals surface area contributed by atoms with Crippen molar-refractivity contribution in [2.24, 2.45) is 0 Å². The SMILES string of the molecule is Cc1ccc(CC(=O)Nc2cc(C)nn2-c2nc3ccc(C(C)(C)C)cc3s2)cc1. The van der Waals surface area contributed by atoms with E-state index in [1.165, 1.54) is 11.1 Å². The highest BCUT2D eigenvalue weighted by molar-refractivity contribution is 7.20. The summed E-state index contributed by atoms with van der Waals surface area (Å²) < 4.78 is 2.84. The fourth-order valence-electron chi connectivity index (χ4n) is 3.28. The van der Waals surface area contributed by atoms with Crippen LogP contribution in [-0.4, -0.2) is 20.7 Å². The molecule has 1 N–H and O–H groups in total. The number of fused-ring (bicyclic) bond motifs is 1. The summed E-state index contributed by atoms with van der Waals surface area (Å²) >= 11 is 1.58. The molecule has 0 aliphatic carbocycles. The molecule has 154 valence electrons. The number of carbonyl (C=O) groups is 1. The molecular weight excluding hydrogens is 392 g/mol. The molecule has 5 nitrogen and oxygen atoms in total. The molecule has 0 unspecified atom stereocenters. The van der Waals surface area contributed by atoms with Crippen molar-refractivity contribution < 1.29 is 4.79 Å². The molecule has 0 aliphatic rings. The minimum absolute atomic E-state index is 0.0730. The van der Waals surface area contributed by atoms with E-state index in [-0.39, 0.29) is 11.3 Å². The Balaban J connectivity index is 1.61. The number of amides is 1. The summed E-state index contributed by atoms with van der Waals surface area (Å²) in [5.41, 5.74) is 5.28. The van der Waals surface area contributed by atoms with E-state index in [0.29, 0.717) is 12.2 Å². The van der Waals surface area contributed by atoms with Crippen LogP contribution < -0.4 is 5.32 Å². The number of anilines is 1. The second kappa shape index (κ2) is 7.69. The quantitative estimate of drug-likeness (QED) is 0.471. The Morgan fingerprint density at radius 2 is 1.80 bits per heavy atom. The third-order valence-corrected chi connectivity index (χ3v) is 6.00. The molecule has 0 atom stereocenters. The third kappa shape index (κ3) is 4.28. The van der Waals surface area contributed by atoms with Crippen LogP contribution in [0.1, 0.15) is 43.2 Å². The summed E-state index contributed by atoms with van der Waals surface area (Å²) in [7, 11) is 0. The van der Waals surface area contributed by atoms with Gasteiger partial charge in [0.2, 0.25) is 11.0 Å². The molecule has 0 saturated heterocycles. The number of thiazole rings is 1. The zero-order valence-electron chi connectivity index (χ0n) is 18.0. The van der Waals surface area contributed by atoms with Crippen LogP contribution in [0.4, 0.5) is 5.82 Å². The van der Waals surface area contributed by atoms with E-state index in [4.69, 9.17) is 4.98 Å². The van der Waals surface area contributed by atoms with Crippen molar-refractivity contribution in [3.8, 4) is 5.13 Å². The topological polar surface area (TPSA) is 59.8 Å². The van der Waals surface area contributed by atoms with Gasteiger partial charge in [0.15, 0.2) is 0 Å². The Morgan fingerprint density at radius 3 is 2.50 bits per heavy atom. The molecule has 4 rings (SSSR count). The van der Waals surface area contributed by atoms with Gasteiger partial charge < -0.3 is 5.32 Å². The van der Waals surface area contributed by atoms with Gasteiger partial charge in [0.1, 0.15) is 5.82 Å². The van der Waals surface area contributed by atoms with Crippen LogP contribution in [0.2, 0.25) is 0 Å². The van der Waals surface area contributed by atoms with Crippen LogP contribution in [0.15, 0.2) is 48.5 Å². The van der Waals surface area contributed by atoms with Crippen molar-refractivity contribution >= 4 is 33.3 Å². The molecule has 0 radical (unpaired) electrons. The van der Waals surface area contributed by atoms with Gasteiger partial charge in [0, 0.05) is 6.07 Å². The van der Waals surface area contributed by atoms with Crippen LogP contribution >= 0.6 is 11.3 Å². The van der Waals surface area contributed by atoms with Crippen molar-refractivity contribution in [1.29, 1.82) is 0 Å². The minimum Gasteiger partial charge on any atom is -0.310 e. The van der Waals surface area contributed by atoms with Crippen molar-refractivity contribution in [2.75, 3.05) is 5.32 Å². The van der Waals surface area contributed by atoms with Crippen LogP contribution in [0.5, 0.6) is 0 Å². The minimum atomic E-state index is -0.0730. The van der Waals surface area contributed by atoms with Crippen LogP contribution in [0, 0.1) is 13.8 Å². The zero-order chi connectivity index (χ0) is 21.5. The summed E-state index contributed by atoms with van der Waals surface area (Å²) in [6.07, 6.45) is 0.319. The number of aryl methyl sites for hydroxylation is 2. The molecule has 2 aromatic heterocycles. The lowest BCUT2D eigenvalue weighted by molar-refractivity contribution is -0.115. The molecule has 0 fully saturated rings. The summed E-state index contributed by atoms with van der Waals surface area (Å²) in [6, 6.07) is 16.3. The lowest BCUT2D eigenvalue weighted by atomic mass is 9.87. The van der Waals surface area contributed by atoms with Gasteiger partial charge in [-0.3, -0.25) is 4.79 Å². The van der Waals surface area contributed by atoms with Crippen molar-refractivity contribution in [3.63, 3.8) is 0 Å². The van der Waals surface area contributed by atoms with Gasteiger partial charge in [-0.1, -0.05) is 68.0 Å². The van der Waals surface area contributed by atoms with Crippen molar-refractivity contribution in [1.82, 2.24) is 14.8 Å². The number of nitrogens with one attached hydrogen (secondary N) is 1. The molecule has 0 aliphatic heterocycles. The Morgan fingerprint density at radius 1 is 1.07 bits per heavy atom. The zero-order valence-corrected chi connectivity index (χ0v) is 18.8. The molecule has 0 bridgehead atoms. The number of hydrogen-bond donors (Lipinski definition) is 1. The van der Waals surface area contributed by atoms with Crippen molar-refractivity contribution in [3.05, 3.63) is 70.9 Å². The van der Waals surface area contributed by atoms with E-state index in [0.717, 1.165) is 26.6 Å². The average Bonchev–Trinajstić information content (AvgIpc) is 3.25. The fraction of sp³-hybridized carbons (Fsp3) is 0.292. The maximum absolute atomic E-state index is 12.6. The highest BCUT2D eigenvalue weighted by atomic mass is 32.1. The molecule has 0 spiro atoms. The Hall–Kier alpha value is -2.99. The van der Waals surface area contributed by atoms with E-state index in [1.54, 1.807) is 16.0 Å². The highest BCUT2D eigenvalue weighted by Gasteiger charge is 2.18. The number of nitrogens with zero attached hydrogens (tertiary/aromatic N) is 3. The molecule has 2 aromatic carbocycles. The lowest BCUT2D eigenvalue weighted by Crippen LogP contribution is -2.17. The molecule has 6 heteroatoms. The smallest absolute Gasteiger partial charge is 0.229 e. The van der Waals surface area contributed by atoms with Gasteiger partial charge in [-0.05, 0) is 42.5 Å². The molecule has 0 saturated carbocycles. The maximum Gasteiger partial charge on any atom is 0.229 e. The van der Waals surface area contributed by atoms with Gasteiger partial charge in [-0.15, -0.1) is 0 Å². The first kappa shape index (κ1) is 20.3. The third-order valence-electron chi connectivity index (χ3n) is 5.01. The standard InChI is InChI=1S/C24H26N4OS/c1-15-6-8-17(9-7-15)13-22(29)26-21-12-16(2)27-28(21)23-25-19-11-10-18(24(3,4)5)14-20(19)30-23/h6-12,14H,13H2,1-5H3,(H,26,29). The second-order valence-corrected chi connectivity index (χ2v) is 9.73. The van der Waals surface area contributed by atoms with Crippen LogP contribution in [0.25, 0.3) is 15.3 Å². The Labute approximate surface area is 180 Å². The second-order valence-electron chi connectivity index (χ2n) is 8.72. The largest absolute Gasteiger partial charge is 0.310 e. The monoisotopic (exact) mass is 418 g/mol. The van der Waals surface area contributed by atoms with Crippen LogP contribution in [0.3, 0.4) is 0 Å². The van der Waals surface area contributed by atoms with E-state index < -0.39 is 0 Å². The highest BCUT2D eigenvalue weighted by Crippen LogP contribution is 2.31. The van der Waals surface area contributed by atoms with Gasteiger partial charge in [0.05, 0.1) is 22.3 Å². The van der Waals surface area contributed by atoms with E-state index in [9.17, 15) is 4.79 Å². The summed E-state index contributed by atoms with van der Waals surface area (Å²) in [5.74, 6) is 0.566. The summed E-state index contributed by atoms with van der Waals surface area (Å²) in [6.45, 7) is 10.6. The molecular formula is C24H26N4OS. The fourth-order valence-corrected chi connectivity index (χ4v) is 4.25. The number of rotatable bonds is 4. The summed E-state index contributed by atoms with van der Waals surface area (Å²) in [5, 5.41) is 8.32. The molecule has 1 amide bonds. The van der Waals surface area contributed by atoms with Gasteiger partial charge >= 0.3 is 0 Å². The first-order valence-corrected chi connectivity index (χ1v) is 10.8. The number of hydrogen-bond acceptors (Lipinski definition) is 4. The number of aromatic nitrogens is 3. The first-order valence-electron chi connectivity index (χ1n) is 10.0. The van der Waals surface area contributed by atoms with E-state index in [1.807, 2.05) is 44.2 Å². The van der Waals surface area contributed by atoms with E-state index in [2.05, 4.69) is 49.4 Å². The average molecular weight is 419 g/mol. The first-order chi connectivity index (χ1) is 14.2. The maximum atomic E-state index is 12.6. The van der Waals surface area contributed by atoms with Crippen molar-refractivity contribution in [2.45, 2.75) is 46.5 Å². The molecule has 4 aromatic rings. The summed E-state index contributed by atoms with van der Waals surface area (Å²) in [4.78, 5) is 17.4. The predicted molar refractivity (Wildman–Crippen MR) is 124 cm³/mol. The predicted octanol–water partition coefficient (Wildman–Crippen LogP) is 5.58. The van der Waals surface area contributed by atoms with Gasteiger partial charge in [-0.2, -0.15) is 9.78 Å². The molecule has 2 heterocycles.